The number of nitrogens with two attached hydrogens (primary N) is 2. The zero-order valence-electron chi connectivity index (χ0n) is 11.0. The van der Waals surface area contributed by atoms with E-state index in [4.69, 9.17) is 21.7 Å². The van der Waals surface area contributed by atoms with E-state index in [2.05, 4.69) is 11.1 Å². The fourth-order valence-electron chi connectivity index (χ4n) is 2.63. The third-order valence-corrected chi connectivity index (χ3v) is 4.79. The SMILES string of the molecule is N#CN=C(N)c1sc2nc3c(cc2c1N)CCCCC3. The number of pyridine rings is 1. The highest BCUT2D eigenvalue weighted by molar-refractivity contribution is 7.21. The lowest BCUT2D eigenvalue weighted by atomic mass is 10.1. The van der Waals surface area contributed by atoms with E-state index in [0.717, 1.165) is 23.1 Å². The molecule has 5 nitrogen and oxygen atoms in total. The Hall–Kier alpha value is -2.13. The number of aromatic nitrogens is 1. The Morgan fingerprint density at radius 1 is 1.35 bits per heavy atom. The minimum atomic E-state index is 0.170. The van der Waals surface area contributed by atoms with Crippen molar-refractivity contribution in [3.63, 3.8) is 0 Å². The molecule has 0 fully saturated rings. The summed E-state index contributed by atoms with van der Waals surface area (Å²) in [6.07, 6.45) is 7.43. The number of aryl methyl sites for hydroxylation is 2. The van der Waals surface area contributed by atoms with Crippen molar-refractivity contribution in [2.75, 3.05) is 5.73 Å². The van der Waals surface area contributed by atoms with Crippen LogP contribution in [0.1, 0.15) is 35.4 Å². The molecule has 3 rings (SSSR count). The van der Waals surface area contributed by atoms with Gasteiger partial charge in [-0.25, -0.2) is 4.98 Å². The molecular formula is C14H15N5S. The first kappa shape index (κ1) is 12.9. The van der Waals surface area contributed by atoms with Crippen molar-refractivity contribution in [1.29, 1.82) is 5.26 Å². The summed E-state index contributed by atoms with van der Waals surface area (Å²) in [4.78, 5) is 9.84. The molecule has 0 amide bonds. The van der Waals surface area contributed by atoms with E-state index in [0.29, 0.717) is 10.6 Å². The summed E-state index contributed by atoms with van der Waals surface area (Å²) in [6, 6.07) is 2.14. The molecule has 0 radical (unpaired) electrons. The topological polar surface area (TPSA) is 101 Å². The molecule has 0 aromatic carbocycles. The fourth-order valence-corrected chi connectivity index (χ4v) is 3.63. The standard InChI is InChI=1S/C14H15N5S/c15-7-18-13(17)12-11(16)9-6-8-4-2-1-3-5-10(8)19-14(9)20-12/h6H,1-5,16H2,(H2,17,18). The van der Waals surface area contributed by atoms with Crippen molar-refractivity contribution in [2.45, 2.75) is 32.1 Å². The summed E-state index contributed by atoms with van der Waals surface area (Å²) in [7, 11) is 0. The van der Waals surface area contributed by atoms with Crippen LogP contribution in [0.2, 0.25) is 0 Å². The summed E-state index contributed by atoms with van der Waals surface area (Å²) in [6.45, 7) is 0. The van der Waals surface area contributed by atoms with E-state index in [1.165, 1.54) is 41.9 Å². The van der Waals surface area contributed by atoms with Crippen LogP contribution in [0.4, 0.5) is 5.69 Å². The highest BCUT2D eigenvalue weighted by Crippen LogP contribution is 2.35. The molecular weight excluding hydrogens is 270 g/mol. The fraction of sp³-hybridized carbons (Fsp3) is 0.357. The first-order valence-electron chi connectivity index (χ1n) is 6.64. The van der Waals surface area contributed by atoms with Crippen molar-refractivity contribution in [3.05, 3.63) is 22.2 Å². The quantitative estimate of drug-likeness (QED) is 0.363. The lowest BCUT2D eigenvalue weighted by Gasteiger charge is -2.04. The Labute approximate surface area is 120 Å². The second-order valence-electron chi connectivity index (χ2n) is 4.95. The third kappa shape index (κ3) is 2.10. The Morgan fingerprint density at radius 2 is 2.15 bits per heavy atom. The predicted molar refractivity (Wildman–Crippen MR) is 81.6 cm³/mol. The molecule has 6 heteroatoms. The van der Waals surface area contributed by atoms with Gasteiger partial charge < -0.3 is 11.5 Å². The second-order valence-corrected chi connectivity index (χ2v) is 5.95. The monoisotopic (exact) mass is 285 g/mol. The van der Waals surface area contributed by atoms with Crippen molar-refractivity contribution in [2.24, 2.45) is 10.7 Å². The van der Waals surface area contributed by atoms with Crippen LogP contribution < -0.4 is 11.5 Å². The van der Waals surface area contributed by atoms with Crippen molar-refractivity contribution in [3.8, 4) is 6.19 Å². The van der Waals surface area contributed by atoms with Gasteiger partial charge in [0.25, 0.3) is 0 Å². The summed E-state index contributed by atoms with van der Waals surface area (Å²) in [5.74, 6) is 0.170. The van der Waals surface area contributed by atoms with Crippen LogP contribution in [0, 0.1) is 11.5 Å². The second kappa shape index (κ2) is 5.10. The molecule has 0 unspecified atom stereocenters. The molecule has 0 saturated heterocycles. The van der Waals surface area contributed by atoms with Crippen LogP contribution in [-0.4, -0.2) is 10.8 Å². The van der Waals surface area contributed by atoms with Gasteiger partial charge in [0.2, 0.25) is 6.19 Å². The number of rotatable bonds is 1. The Morgan fingerprint density at radius 3 is 2.95 bits per heavy atom. The van der Waals surface area contributed by atoms with Gasteiger partial charge in [0.05, 0.1) is 10.6 Å². The molecule has 2 heterocycles. The normalized spacial score (nSPS) is 15.7. The van der Waals surface area contributed by atoms with E-state index < -0.39 is 0 Å². The summed E-state index contributed by atoms with van der Waals surface area (Å²) >= 11 is 1.41. The van der Waals surface area contributed by atoms with E-state index in [1.54, 1.807) is 6.19 Å². The Bertz CT molecular complexity index is 738. The van der Waals surface area contributed by atoms with E-state index >= 15 is 0 Å². The predicted octanol–water partition coefficient (Wildman–Crippen LogP) is 2.33. The van der Waals surface area contributed by atoms with Gasteiger partial charge in [0.1, 0.15) is 4.83 Å². The smallest absolute Gasteiger partial charge is 0.207 e. The molecule has 1 aliphatic carbocycles. The molecule has 2 aromatic rings. The number of nitrogens with zero attached hydrogens (tertiary/aromatic N) is 3. The van der Waals surface area contributed by atoms with Crippen molar-refractivity contribution in [1.82, 2.24) is 4.98 Å². The van der Waals surface area contributed by atoms with Crippen LogP contribution in [0.3, 0.4) is 0 Å². The van der Waals surface area contributed by atoms with Gasteiger partial charge in [-0.15, -0.1) is 11.3 Å². The van der Waals surface area contributed by atoms with E-state index in [-0.39, 0.29) is 5.84 Å². The molecule has 4 N–H and O–H groups in total. The number of fused-ring (bicyclic) bond motifs is 2. The maximum Gasteiger partial charge on any atom is 0.207 e. The van der Waals surface area contributed by atoms with Crippen LogP contribution in [0.25, 0.3) is 10.2 Å². The average Bonchev–Trinajstić information content (AvgIpc) is 2.62. The molecule has 0 atom stereocenters. The third-order valence-electron chi connectivity index (χ3n) is 3.65. The Balaban J connectivity index is 2.18. The molecule has 2 aromatic heterocycles. The molecule has 0 spiro atoms. The van der Waals surface area contributed by atoms with E-state index in [9.17, 15) is 0 Å². The van der Waals surface area contributed by atoms with Gasteiger partial charge in [-0.3, -0.25) is 0 Å². The number of anilines is 1. The van der Waals surface area contributed by atoms with Gasteiger partial charge in [-0.2, -0.15) is 10.3 Å². The number of amidine groups is 1. The maximum absolute atomic E-state index is 8.60. The minimum absolute atomic E-state index is 0.170. The summed E-state index contributed by atoms with van der Waals surface area (Å²) in [5, 5.41) is 9.53. The van der Waals surface area contributed by atoms with Gasteiger partial charge in [0, 0.05) is 11.1 Å². The van der Waals surface area contributed by atoms with Crippen LogP contribution in [0.15, 0.2) is 11.1 Å². The summed E-state index contributed by atoms with van der Waals surface area (Å²) < 4.78 is 0. The number of nitrogen functional groups attached to an aromatic ring is 1. The van der Waals surface area contributed by atoms with Gasteiger partial charge >= 0.3 is 0 Å². The number of aliphatic imine (C=N–C) groups is 1. The summed E-state index contributed by atoms with van der Waals surface area (Å²) in [5.41, 5.74) is 15.0. The number of thiophene rings is 1. The van der Waals surface area contributed by atoms with Crippen molar-refractivity contribution < 1.29 is 0 Å². The zero-order chi connectivity index (χ0) is 14.1. The van der Waals surface area contributed by atoms with Crippen molar-refractivity contribution >= 4 is 33.1 Å². The molecule has 102 valence electrons. The zero-order valence-corrected chi connectivity index (χ0v) is 11.8. The Kier molecular flexibility index (Phi) is 3.28. The number of nitriles is 1. The lowest BCUT2D eigenvalue weighted by molar-refractivity contribution is 0.709. The lowest BCUT2D eigenvalue weighted by Crippen LogP contribution is -2.12. The largest absolute Gasteiger partial charge is 0.397 e. The molecule has 20 heavy (non-hydrogen) atoms. The minimum Gasteiger partial charge on any atom is -0.397 e. The maximum atomic E-state index is 8.60. The number of hydrogen-bond donors (Lipinski definition) is 2. The first-order chi connectivity index (χ1) is 9.70. The average molecular weight is 285 g/mol. The molecule has 0 saturated carbocycles. The first-order valence-corrected chi connectivity index (χ1v) is 7.45. The van der Waals surface area contributed by atoms with Crippen LogP contribution >= 0.6 is 11.3 Å². The van der Waals surface area contributed by atoms with E-state index in [1.807, 2.05) is 0 Å². The molecule has 0 bridgehead atoms. The number of hydrogen-bond acceptors (Lipinski definition) is 5. The van der Waals surface area contributed by atoms with Gasteiger partial charge in [-0.05, 0) is 37.3 Å². The van der Waals surface area contributed by atoms with Crippen LogP contribution in [-0.2, 0) is 12.8 Å². The molecule has 0 aliphatic heterocycles. The highest BCUT2D eigenvalue weighted by atomic mass is 32.1. The highest BCUT2D eigenvalue weighted by Gasteiger charge is 2.17. The van der Waals surface area contributed by atoms with Gasteiger partial charge in [-0.1, -0.05) is 6.42 Å². The van der Waals surface area contributed by atoms with Gasteiger partial charge in [0.15, 0.2) is 5.84 Å². The molecule has 1 aliphatic rings. The van der Waals surface area contributed by atoms with Crippen LogP contribution in [0.5, 0.6) is 0 Å².